The van der Waals surface area contributed by atoms with Crippen LogP contribution in [0.2, 0.25) is 0 Å². The highest BCUT2D eigenvalue weighted by atomic mass is 32.1. The number of hydrogen-bond acceptors (Lipinski definition) is 3. The molecule has 2 aromatic heterocycles. The SMILES string of the molecule is Cc1sccc1-n1ncc(C(=O)O)c1C1CC1. The number of aromatic carboxylic acids is 1. The number of thiophene rings is 1. The summed E-state index contributed by atoms with van der Waals surface area (Å²) in [6, 6.07) is 1.99. The number of hydrogen-bond donors (Lipinski definition) is 1. The third kappa shape index (κ3) is 1.67. The Morgan fingerprint density at radius 2 is 2.35 bits per heavy atom. The highest BCUT2D eigenvalue weighted by molar-refractivity contribution is 7.10. The number of rotatable bonds is 3. The Hall–Kier alpha value is -1.62. The molecule has 1 aliphatic carbocycles. The maximum atomic E-state index is 11.2. The van der Waals surface area contributed by atoms with Crippen LogP contribution in [0.25, 0.3) is 5.69 Å². The zero-order chi connectivity index (χ0) is 12.0. The Bertz CT molecular complexity index is 581. The molecule has 1 fully saturated rings. The summed E-state index contributed by atoms with van der Waals surface area (Å²) in [5, 5.41) is 15.4. The van der Waals surface area contributed by atoms with Crippen LogP contribution in [0.5, 0.6) is 0 Å². The Kier molecular flexibility index (Phi) is 2.29. The van der Waals surface area contributed by atoms with Gasteiger partial charge in [0, 0.05) is 10.8 Å². The van der Waals surface area contributed by atoms with Crippen LogP contribution in [-0.4, -0.2) is 20.9 Å². The average Bonchev–Trinajstić information content (AvgIpc) is 2.88. The first-order chi connectivity index (χ1) is 8.18. The van der Waals surface area contributed by atoms with Crippen molar-refractivity contribution in [3.63, 3.8) is 0 Å². The van der Waals surface area contributed by atoms with Gasteiger partial charge in [-0.2, -0.15) is 5.10 Å². The van der Waals surface area contributed by atoms with Crippen molar-refractivity contribution in [1.29, 1.82) is 0 Å². The first-order valence-corrected chi connectivity index (χ1v) is 6.42. The first kappa shape index (κ1) is 10.5. The Morgan fingerprint density at radius 1 is 1.59 bits per heavy atom. The summed E-state index contributed by atoms with van der Waals surface area (Å²) >= 11 is 1.65. The molecule has 3 rings (SSSR count). The number of carboxylic acid groups (broad SMARTS) is 1. The molecule has 2 heterocycles. The molecular formula is C12H12N2O2S. The van der Waals surface area contributed by atoms with Crippen molar-refractivity contribution < 1.29 is 9.90 Å². The molecule has 2 aromatic rings. The zero-order valence-corrected chi connectivity index (χ0v) is 10.2. The fourth-order valence-corrected chi connectivity index (χ4v) is 2.74. The smallest absolute Gasteiger partial charge is 0.339 e. The van der Waals surface area contributed by atoms with Gasteiger partial charge in [-0.3, -0.25) is 0 Å². The van der Waals surface area contributed by atoms with Crippen LogP contribution in [0.4, 0.5) is 0 Å². The van der Waals surface area contributed by atoms with Gasteiger partial charge < -0.3 is 5.11 Å². The van der Waals surface area contributed by atoms with Crippen molar-refractivity contribution in [3.05, 3.63) is 33.8 Å². The topological polar surface area (TPSA) is 55.1 Å². The molecule has 5 heteroatoms. The van der Waals surface area contributed by atoms with Crippen molar-refractivity contribution in [3.8, 4) is 5.69 Å². The Morgan fingerprint density at radius 3 is 2.88 bits per heavy atom. The van der Waals surface area contributed by atoms with Crippen LogP contribution in [0, 0.1) is 6.92 Å². The Balaban J connectivity index is 2.17. The molecule has 1 aliphatic rings. The molecule has 0 saturated heterocycles. The second-order valence-electron chi connectivity index (χ2n) is 4.30. The largest absolute Gasteiger partial charge is 0.478 e. The molecule has 0 radical (unpaired) electrons. The molecule has 4 nitrogen and oxygen atoms in total. The van der Waals surface area contributed by atoms with E-state index < -0.39 is 5.97 Å². The first-order valence-electron chi connectivity index (χ1n) is 5.54. The summed E-state index contributed by atoms with van der Waals surface area (Å²) in [6.07, 6.45) is 3.59. The molecule has 1 N–H and O–H groups in total. The minimum Gasteiger partial charge on any atom is -0.478 e. The van der Waals surface area contributed by atoms with Gasteiger partial charge in [0.1, 0.15) is 5.56 Å². The van der Waals surface area contributed by atoms with Gasteiger partial charge in [0.25, 0.3) is 0 Å². The van der Waals surface area contributed by atoms with E-state index in [1.54, 1.807) is 16.0 Å². The van der Waals surface area contributed by atoms with Gasteiger partial charge in [0.15, 0.2) is 0 Å². The molecule has 0 bridgehead atoms. The highest BCUT2D eigenvalue weighted by Crippen LogP contribution is 2.42. The maximum Gasteiger partial charge on any atom is 0.339 e. The quantitative estimate of drug-likeness (QED) is 0.908. The second kappa shape index (κ2) is 3.70. The molecule has 0 atom stereocenters. The lowest BCUT2D eigenvalue weighted by Crippen LogP contribution is -2.05. The van der Waals surface area contributed by atoms with Gasteiger partial charge >= 0.3 is 5.97 Å². The summed E-state index contributed by atoms with van der Waals surface area (Å²) in [5.41, 5.74) is 2.21. The third-order valence-corrected chi connectivity index (χ3v) is 3.90. The van der Waals surface area contributed by atoms with Gasteiger partial charge in [-0.05, 0) is 31.2 Å². The van der Waals surface area contributed by atoms with Crippen LogP contribution in [0.3, 0.4) is 0 Å². The van der Waals surface area contributed by atoms with E-state index in [4.69, 9.17) is 0 Å². The molecule has 88 valence electrons. The predicted octanol–water partition coefficient (Wildman–Crippen LogP) is 2.82. The predicted molar refractivity (Wildman–Crippen MR) is 65.1 cm³/mol. The standard InChI is InChI=1S/C12H12N2O2S/c1-7-10(4-5-17-7)14-11(8-2-3-8)9(6-13-14)12(15)16/h4-6,8H,2-3H2,1H3,(H,15,16). The maximum absolute atomic E-state index is 11.2. The normalized spacial score (nSPS) is 15.1. The highest BCUT2D eigenvalue weighted by Gasteiger charge is 2.33. The lowest BCUT2D eigenvalue weighted by molar-refractivity contribution is 0.0695. The molecule has 0 unspecified atom stereocenters. The van der Waals surface area contributed by atoms with E-state index in [9.17, 15) is 9.90 Å². The van der Waals surface area contributed by atoms with E-state index in [1.807, 2.05) is 18.4 Å². The van der Waals surface area contributed by atoms with Crippen LogP contribution < -0.4 is 0 Å². The van der Waals surface area contributed by atoms with E-state index in [0.717, 1.165) is 29.1 Å². The van der Waals surface area contributed by atoms with Gasteiger partial charge in [0.05, 0.1) is 17.6 Å². The fourth-order valence-electron chi connectivity index (χ4n) is 2.06. The molecular weight excluding hydrogens is 236 g/mol. The van der Waals surface area contributed by atoms with Crippen LogP contribution >= 0.6 is 11.3 Å². The Labute approximate surface area is 103 Å². The van der Waals surface area contributed by atoms with E-state index in [2.05, 4.69) is 5.10 Å². The molecule has 0 aliphatic heterocycles. The van der Waals surface area contributed by atoms with Crippen molar-refractivity contribution in [2.45, 2.75) is 25.7 Å². The van der Waals surface area contributed by atoms with Crippen molar-refractivity contribution in [2.24, 2.45) is 0 Å². The summed E-state index contributed by atoms with van der Waals surface area (Å²) in [6.45, 7) is 2.03. The van der Waals surface area contributed by atoms with Crippen LogP contribution in [0.15, 0.2) is 17.6 Å². The van der Waals surface area contributed by atoms with Crippen LogP contribution in [0.1, 0.15) is 39.7 Å². The lowest BCUT2D eigenvalue weighted by Gasteiger charge is -2.06. The fraction of sp³-hybridized carbons (Fsp3) is 0.333. The monoisotopic (exact) mass is 248 g/mol. The summed E-state index contributed by atoms with van der Waals surface area (Å²) in [4.78, 5) is 12.3. The van der Waals surface area contributed by atoms with E-state index in [-0.39, 0.29) is 0 Å². The van der Waals surface area contributed by atoms with Crippen molar-refractivity contribution in [1.82, 2.24) is 9.78 Å². The summed E-state index contributed by atoms with van der Waals surface area (Å²) in [7, 11) is 0. The minimum absolute atomic E-state index is 0.345. The summed E-state index contributed by atoms with van der Waals surface area (Å²) < 4.78 is 1.80. The van der Waals surface area contributed by atoms with E-state index >= 15 is 0 Å². The second-order valence-corrected chi connectivity index (χ2v) is 5.42. The van der Waals surface area contributed by atoms with Crippen LogP contribution in [-0.2, 0) is 0 Å². The zero-order valence-electron chi connectivity index (χ0n) is 9.38. The summed E-state index contributed by atoms with van der Waals surface area (Å²) in [5.74, 6) is -0.520. The van der Waals surface area contributed by atoms with Gasteiger partial charge in [0.2, 0.25) is 0 Å². The number of aryl methyl sites for hydroxylation is 1. The minimum atomic E-state index is -0.883. The van der Waals surface area contributed by atoms with Crippen molar-refractivity contribution in [2.75, 3.05) is 0 Å². The van der Waals surface area contributed by atoms with Crippen molar-refractivity contribution >= 4 is 17.3 Å². The van der Waals surface area contributed by atoms with E-state index in [1.165, 1.54) is 6.20 Å². The molecule has 0 aromatic carbocycles. The number of aromatic nitrogens is 2. The average molecular weight is 248 g/mol. The van der Waals surface area contributed by atoms with Gasteiger partial charge in [-0.1, -0.05) is 0 Å². The van der Waals surface area contributed by atoms with E-state index in [0.29, 0.717) is 11.5 Å². The number of carbonyl (C=O) groups is 1. The third-order valence-electron chi connectivity index (χ3n) is 3.06. The molecule has 0 spiro atoms. The molecule has 1 saturated carbocycles. The molecule has 0 amide bonds. The van der Waals surface area contributed by atoms with Gasteiger partial charge in [-0.15, -0.1) is 11.3 Å². The number of nitrogens with zero attached hydrogens (tertiary/aromatic N) is 2. The lowest BCUT2D eigenvalue weighted by atomic mass is 10.2. The van der Waals surface area contributed by atoms with Gasteiger partial charge in [-0.25, -0.2) is 9.48 Å². The molecule has 17 heavy (non-hydrogen) atoms. The number of carboxylic acids is 1.